The Kier molecular flexibility index (Phi) is 2.74. The summed E-state index contributed by atoms with van der Waals surface area (Å²) in [5.74, 6) is 4.47. The van der Waals surface area contributed by atoms with Crippen LogP contribution in [0.2, 0.25) is 0 Å². The first kappa shape index (κ1) is 13.3. The highest BCUT2D eigenvalue weighted by Gasteiger charge is 2.63. The molecular weight excluding hydrogens is 244 g/mol. The van der Waals surface area contributed by atoms with Gasteiger partial charge in [-0.1, -0.05) is 27.2 Å². The van der Waals surface area contributed by atoms with E-state index in [-0.39, 0.29) is 0 Å². The van der Waals surface area contributed by atoms with Gasteiger partial charge in [-0.2, -0.15) is 0 Å². The predicted octanol–water partition coefficient (Wildman–Crippen LogP) is 4.84. The van der Waals surface area contributed by atoms with Crippen molar-refractivity contribution >= 4 is 5.78 Å². The lowest BCUT2D eigenvalue weighted by Crippen LogP contribution is -2.37. The molecule has 0 spiro atoms. The summed E-state index contributed by atoms with van der Waals surface area (Å²) in [5.41, 5.74) is 0.689. The molecule has 0 N–H and O–H groups in total. The first-order valence-corrected chi connectivity index (χ1v) is 8.94. The molecule has 4 aliphatic rings. The average molecular weight is 274 g/mol. The fourth-order valence-corrected chi connectivity index (χ4v) is 6.72. The molecule has 0 aromatic rings. The van der Waals surface area contributed by atoms with Crippen LogP contribution in [0.3, 0.4) is 0 Å². The topological polar surface area (TPSA) is 17.1 Å². The summed E-state index contributed by atoms with van der Waals surface area (Å²) < 4.78 is 0. The third kappa shape index (κ3) is 1.58. The van der Waals surface area contributed by atoms with Gasteiger partial charge in [0.2, 0.25) is 0 Å². The molecule has 1 heteroatoms. The molecule has 4 saturated carbocycles. The van der Waals surface area contributed by atoms with Gasteiger partial charge in [-0.15, -0.1) is 0 Å². The molecule has 0 radical (unpaired) electrons. The fourth-order valence-electron chi connectivity index (χ4n) is 6.72. The summed E-state index contributed by atoms with van der Waals surface area (Å²) in [6.07, 6.45) is 10.4. The van der Waals surface area contributed by atoms with Gasteiger partial charge >= 0.3 is 0 Å². The summed E-state index contributed by atoms with van der Waals surface area (Å²) in [5, 5.41) is 0. The van der Waals surface area contributed by atoms with Gasteiger partial charge in [0.05, 0.1) is 0 Å². The van der Waals surface area contributed by atoms with Gasteiger partial charge in [0.25, 0.3) is 0 Å². The van der Waals surface area contributed by atoms with Gasteiger partial charge in [0.1, 0.15) is 5.78 Å². The molecule has 0 aliphatic heterocycles. The molecule has 112 valence electrons. The minimum absolute atomic E-state index is 0.298. The summed E-state index contributed by atoms with van der Waals surface area (Å²) >= 11 is 0. The zero-order valence-corrected chi connectivity index (χ0v) is 13.5. The molecule has 0 aromatic carbocycles. The van der Waals surface area contributed by atoms with E-state index in [0.717, 1.165) is 30.1 Å². The molecule has 0 aromatic heterocycles. The Hall–Kier alpha value is -0.330. The SMILES string of the molecule is CC1(C)C2CCC1(C)C(C(=O)CC1CC3CCC1C3)C2. The normalized spacial score (nSPS) is 51.9. The first-order chi connectivity index (χ1) is 9.42. The molecular formula is C19H30O. The van der Waals surface area contributed by atoms with Crippen LogP contribution in [0.25, 0.3) is 0 Å². The van der Waals surface area contributed by atoms with Gasteiger partial charge in [0, 0.05) is 12.3 Å². The number of hydrogen-bond acceptors (Lipinski definition) is 1. The molecule has 4 rings (SSSR count). The molecule has 4 bridgehead atoms. The van der Waals surface area contributed by atoms with Gasteiger partial charge in [-0.25, -0.2) is 0 Å². The molecule has 1 nitrogen and oxygen atoms in total. The quantitative estimate of drug-likeness (QED) is 0.719. The van der Waals surface area contributed by atoms with Crippen molar-refractivity contribution in [3.05, 3.63) is 0 Å². The van der Waals surface area contributed by atoms with E-state index in [4.69, 9.17) is 0 Å². The number of carbonyl (C=O) groups is 1. The van der Waals surface area contributed by atoms with Crippen LogP contribution in [0, 0.1) is 40.4 Å². The molecule has 0 heterocycles. The number of hydrogen-bond donors (Lipinski definition) is 0. The summed E-state index contributed by atoms with van der Waals surface area (Å²) in [6.45, 7) is 7.27. The first-order valence-electron chi connectivity index (χ1n) is 8.94. The van der Waals surface area contributed by atoms with Crippen molar-refractivity contribution in [1.29, 1.82) is 0 Å². The van der Waals surface area contributed by atoms with Gasteiger partial charge < -0.3 is 0 Å². The van der Waals surface area contributed by atoms with Crippen LogP contribution < -0.4 is 0 Å². The number of Topliss-reactive ketones (excluding diaryl/α,β-unsaturated/α-hetero) is 1. The Labute approximate surface area is 123 Å². The smallest absolute Gasteiger partial charge is 0.136 e. The standard InChI is InChI=1S/C19H30O/c1-18(2)15-6-7-19(18,3)16(11-15)17(20)10-14-9-12-4-5-13(14)8-12/h12-16H,4-11H2,1-3H3. The maximum atomic E-state index is 13.0. The van der Waals surface area contributed by atoms with Crippen LogP contribution in [0.15, 0.2) is 0 Å². The van der Waals surface area contributed by atoms with E-state index in [1.165, 1.54) is 44.9 Å². The Morgan fingerprint density at radius 1 is 1.05 bits per heavy atom. The van der Waals surface area contributed by atoms with Crippen molar-refractivity contribution in [3.8, 4) is 0 Å². The third-order valence-corrected chi connectivity index (χ3v) is 8.53. The van der Waals surface area contributed by atoms with Gasteiger partial charge in [-0.3, -0.25) is 4.79 Å². The third-order valence-electron chi connectivity index (χ3n) is 8.53. The number of carbonyl (C=O) groups excluding carboxylic acids is 1. The predicted molar refractivity (Wildman–Crippen MR) is 81.3 cm³/mol. The summed E-state index contributed by atoms with van der Waals surface area (Å²) in [7, 11) is 0. The zero-order valence-electron chi connectivity index (χ0n) is 13.5. The fraction of sp³-hybridized carbons (Fsp3) is 0.947. The van der Waals surface area contributed by atoms with Crippen molar-refractivity contribution in [2.45, 2.75) is 72.1 Å². The highest BCUT2D eigenvalue weighted by Crippen LogP contribution is 2.68. The minimum Gasteiger partial charge on any atom is -0.299 e. The van der Waals surface area contributed by atoms with Crippen LogP contribution in [-0.4, -0.2) is 5.78 Å². The van der Waals surface area contributed by atoms with Crippen LogP contribution in [0.5, 0.6) is 0 Å². The summed E-state index contributed by atoms with van der Waals surface area (Å²) in [4.78, 5) is 13.0. The van der Waals surface area contributed by atoms with Crippen LogP contribution in [0.1, 0.15) is 72.1 Å². The molecule has 20 heavy (non-hydrogen) atoms. The van der Waals surface area contributed by atoms with Gasteiger partial charge in [0.15, 0.2) is 0 Å². The molecule has 4 fully saturated rings. The second-order valence-corrected chi connectivity index (χ2v) is 9.27. The Balaban J connectivity index is 1.48. The number of fused-ring (bicyclic) bond motifs is 4. The average Bonchev–Trinajstić information content (AvgIpc) is 3.09. The van der Waals surface area contributed by atoms with Crippen LogP contribution in [-0.2, 0) is 4.79 Å². The van der Waals surface area contributed by atoms with Crippen molar-refractivity contribution < 1.29 is 4.79 Å². The van der Waals surface area contributed by atoms with E-state index >= 15 is 0 Å². The lowest BCUT2D eigenvalue weighted by Gasteiger charge is -2.39. The monoisotopic (exact) mass is 274 g/mol. The van der Waals surface area contributed by atoms with Crippen molar-refractivity contribution in [1.82, 2.24) is 0 Å². The molecule has 0 saturated heterocycles. The Morgan fingerprint density at radius 3 is 2.35 bits per heavy atom. The lowest BCUT2D eigenvalue weighted by atomic mass is 9.64. The van der Waals surface area contributed by atoms with E-state index in [9.17, 15) is 4.79 Å². The van der Waals surface area contributed by atoms with Crippen molar-refractivity contribution in [3.63, 3.8) is 0 Å². The maximum absolute atomic E-state index is 13.0. The van der Waals surface area contributed by atoms with Gasteiger partial charge in [-0.05, 0) is 73.0 Å². The van der Waals surface area contributed by atoms with E-state index < -0.39 is 0 Å². The second kappa shape index (κ2) is 4.11. The highest BCUT2D eigenvalue weighted by atomic mass is 16.1. The Bertz CT molecular complexity index is 437. The van der Waals surface area contributed by atoms with E-state index in [1.807, 2.05) is 0 Å². The second-order valence-electron chi connectivity index (χ2n) is 9.27. The molecule has 0 amide bonds. The lowest BCUT2D eigenvalue weighted by molar-refractivity contribution is -0.128. The van der Waals surface area contributed by atoms with E-state index in [2.05, 4.69) is 20.8 Å². The largest absolute Gasteiger partial charge is 0.299 e. The van der Waals surface area contributed by atoms with Crippen molar-refractivity contribution in [2.24, 2.45) is 40.4 Å². The Morgan fingerprint density at radius 2 is 1.85 bits per heavy atom. The van der Waals surface area contributed by atoms with Crippen LogP contribution in [0.4, 0.5) is 0 Å². The number of rotatable bonds is 3. The number of ketones is 1. The van der Waals surface area contributed by atoms with E-state index in [0.29, 0.717) is 22.5 Å². The summed E-state index contributed by atoms with van der Waals surface area (Å²) in [6, 6.07) is 0. The zero-order chi connectivity index (χ0) is 14.1. The molecule has 4 aliphatic carbocycles. The van der Waals surface area contributed by atoms with E-state index in [1.54, 1.807) is 0 Å². The minimum atomic E-state index is 0.298. The van der Waals surface area contributed by atoms with Crippen LogP contribution >= 0.6 is 0 Å². The molecule has 6 unspecified atom stereocenters. The maximum Gasteiger partial charge on any atom is 0.136 e. The highest BCUT2D eigenvalue weighted by molar-refractivity contribution is 5.83. The van der Waals surface area contributed by atoms with Crippen molar-refractivity contribution in [2.75, 3.05) is 0 Å². The molecule has 6 atom stereocenters.